The molecule has 1 aliphatic rings. The highest BCUT2D eigenvalue weighted by molar-refractivity contribution is 5.95. The number of aliphatic carboxylic acids is 1. The number of methoxy groups -OCH3 is 2. The van der Waals surface area contributed by atoms with E-state index in [1.807, 2.05) is 50.2 Å². The molecule has 0 aliphatic carbocycles. The summed E-state index contributed by atoms with van der Waals surface area (Å²) < 4.78 is 42.5. The number of rotatable bonds is 13. The number of likely N-dealkylation sites (N-methyl/N-ethyl adjacent to an activating group) is 1. The van der Waals surface area contributed by atoms with E-state index in [1.165, 1.54) is 4.90 Å². The molecule has 49 heavy (non-hydrogen) atoms. The summed E-state index contributed by atoms with van der Waals surface area (Å²) in [5.74, 6) is -3.33. The van der Waals surface area contributed by atoms with Crippen LogP contribution in [0.2, 0.25) is 0 Å². The van der Waals surface area contributed by atoms with E-state index in [1.54, 1.807) is 34.3 Å². The third kappa shape index (κ3) is 11.4. The maximum absolute atomic E-state index is 13.5. The maximum atomic E-state index is 13.5. The second kappa shape index (κ2) is 18.1. The van der Waals surface area contributed by atoms with Gasteiger partial charge in [-0.05, 0) is 56.0 Å². The molecule has 1 saturated heterocycles. The lowest BCUT2D eigenvalue weighted by molar-refractivity contribution is -0.192. The van der Waals surface area contributed by atoms with Crippen LogP contribution in [0.4, 0.5) is 13.2 Å². The molecule has 2 aromatic carbocycles. The van der Waals surface area contributed by atoms with E-state index >= 15 is 0 Å². The number of benzene rings is 2. The second-order valence-electron chi connectivity index (χ2n) is 11.7. The molecule has 0 saturated carbocycles. The number of carboxylic acids is 1. The number of halogens is 3. The van der Waals surface area contributed by atoms with Crippen molar-refractivity contribution >= 4 is 29.6 Å². The summed E-state index contributed by atoms with van der Waals surface area (Å²) in [6, 6.07) is 10.1. The van der Waals surface area contributed by atoms with Gasteiger partial charge in [0.1, 0.15) is 29.6 Å². The number of nitrogens with zero attached hydrogens (tertiary/aromatic N) is 1. The Morgan fingerprint density at radius 2 is 1.61 bits per heavy atom. The Bertz CT molecular complexity index is 1470. The number of nitrogens with one attached hydrogen (secondary N) is 3. The number of carboxylic acid groups (broad SMARTS) is 1. The fourth-order valence-electron chi connectivity index (χ4n) is 4.99. The molecule has 4 atom stereocenters. The summed E-state index contributed by atoms with van der Waals surface area (Å²) >= 11 is 0. The summed E-state index contributed by atoms with van der Waals surface area (Å²) in [6.45, 7) is 5.78. The number of likely N-dealkylation sites (tertiary alicyclic amines) is 1. The standard InChI is InChI=1S/C31H43N5O6.C2HF3O2/c1-18(2)27(35-29(38)19(3)33-4)31(40)36-15-7-8-25(36)30(39)34-24(28(32)37)16-20-9-11-21(12-10-20)23-14-13-22(41-5)17-26(23)42-6;3-2(4,5)1(6)7/h9-14,17-19,24-25,27,33H,7-8,15-16H2,1-6H3,(H2,32,37)(H,34,39)(H,35,38);(H,6,7)/t19-,24-,25-,27-;/m0./s1. The molecule has 4 amide bonds. The van der Waals surface area contributed by atoms with Gasteiger partial charge in [0.25, 0.3) is 0 Å². The molecule has 0 spiro atoms. The Morgan fingerprint density at radius 1 is 1.00 bits per heavy atom. The van der Waals surface area contributed by atoms with Crippen LogP contribution in [0.15, 0.2) is 42.5 Å². The second-order valence-corrected chi connectivity index (χ2v) is 11.7. The van der Waals surface area contributed by atoms with Crippen LogP contribution in [-0.4, -0.2) is 97.8 Å². The van der Waals surface area contributed by atoms with Crippen molar-refractivity contribution in [2.75, 3.05) is 27.8 Å². The minimum Gasteiger partial charge on any atom is -0.497 e. The lowest BCUT2D eigenvalue weighted by Gasteiger charge is -2.31. The van der Waals surface area contributed by atoms with E-state index in [2.05, 4.69) is 16.0 Å². The highest BCUT2D eigenvalue weighted by Crippen LogP contribution is 2.33. The number of amides is 4. The van der Waals surface area contributed by atoms with Gasteiger partial charge in [0, 0.05) is 24.6 Å². The Balaban J connectivity index is 0.00000107. The Kier molecular flexibility index (Phi) is 14.9. The van der Waals surface area contributed by atoms with Crippen molar-refractivity contribution in [1.82, 2.24) is 20.9 Å². The van der Waals surface area contributed by atoms with Gasteiger partial charge < -0.3 is 41.2 Å². The van der Waals surface area contributed by atoms with Crippen molar-refractivity contribution in [1.29, 1.82) is 0 Å². The Labute approximate surface area is 282 Å². The number of hydrogen-bond acceptors (Lipinski definition) is 8. The number of alkyl halides is 3. The molecule has 16 heteroatoms. The van der Waals surface area contributed by atoms with Gasteiger partial charge in [0.15, 0.2) is 0 Å². The molecular formula is C33H44F3N5O8. The first-order chi connectivity index (χ1) is 22.9. The maximum Gasteiger partial charge on any atom is 0.490 e. The molecule has 13 nitrogen and oxygen atoms in total. The Morgan fingerprint density at radius 3 is 2.10 bits per heavy atom. The summed E-state index contributed by atoms with van der Waals surface area (Å²) in [7, 11) is 4.85. The zero-order valence-corrected chi connectivity index (χ0v) is 28.2. The molecule has 0 bridgehead atoms. The zero-order valence-electron chi connectivity index (χ0n) is 28.2. The van der Waals surface area contributed by atoms with Crippen molar-refractivity contribution in [2.45, 2.75) is 70.4 Å². The lowest BCUT2D eigenvalue weighted by Crippen LogP contribution is -2.58. The largest absolute Gasteiger partial charge is 0.497 e. The molecule has 1 aliphatic heterocycles. The van der Waals surface area contributed by atoms with E-state index in [0.717, 1.165) is 16.7 Å². The molecule has 2 aromatic rings. The van der Waals surface area contributed by atoms with Gasteiger partial charge in [-0.15, -0.1) is 0 Å². The molecular weight excluding hydrogens is 651 g/mol. The first-order valence-electron chi connectivity index (χ1n) is 15.4. The van der Waals surface area contributed by atoms with Crippen LogP contribution in [-0.2, 0) is 30.4 Å². The van der Waals surface area contributed by atoms with Crippen LogP contribution in [0.25, 0.3) is 11.1 Å². The molecule has 1 heterocycles. The van der Waals surface area contributed by atoms with Crippen molar-refractivity contribution in [3.05, 3.63) is 48.0 Å². The quantitative estimate of drug-likeness (QED) is 0.209. The van der Waals surface area contributed by atoms with Crippen LogP contribution >= 0.6 is 0 Å². The van der Waals surface area contributed by atoms with Gasteiger partial charge in [0.05, 0.1) is 20.3 Å². The van der Waals surface area contributed by atoms with Gasteiger partial charge in [-0.1, -0.05) is 38.1 Å². The minimum atomic E-state index is -5.08. The van der Waals surface area contributed by atoms with Crippen LogP contribution in [0.1, 0.15) is 39.2 Å². The van der Waals surface area contributed by atoms with Crippen LogP contribution in [0.5, 0.6) is 11.5 Å². The number of carbonyl (C=O) groups excluding carboxylic acids is 4. The van der Waals surface area contributed by atoms with Crippen molar-refractivity contribution in [3.63, 3.8) is 0 Å². The normalized spacial score (nSPS) is 16.0. The number of nitrogens with two attached hydrogens (primary N) is 1. The first kappa shape index (κ1) is 40.3. The molecule has 6 N–H and O–H groups in total. The SMILES string of the molecule is CN[C@@H](C)C(=O)N[C@H](C(=O)N1CCC[C@H]1C(=O)N[C@@H](Cc1ccc(-c2ccc(OC)cc2OC)cc1)C(N)=O)C(C)C.O=C(O)C(F)(F)F. The minimum absolute atomic E-state index is 0.186. The third-order valence-corrected chi connectivity index (χ3v) is 7.91. The van der Waals surface area contributed by atoms with Crippen LogP contribution < -0.4 is 31.2 Å². The molecule has 1 fully saturated rings. The third-order valence-electron chi connectivity index (χ3n) is 7.91. The fraction of sp³-hybridized carbons (Fsp3) is 0.485. The van der Waals surface area contributed by atoms with E-state index in [9.17, 15) is 32.3 Å². The molecule has 0 unspecified atom stereocenters. The predicted octanol–water partition coefficient (Wildman–Crippen LogP) is 2.26. The zero-order chi connectivity index (χ0) is 37.1. The van der Waals surface area contributed by atoms with Gasteiger partial charge in [-0.3, -0.25) is 19.2 Å². The molecule has 270 valence electrons. The van der Waals surface area contributed by atoms with E-state index in [0.29, 0.717) is 30.9 Å². The first-order valence-corrected chi connectivity index (χ1v) is 15.4. The van der Waals surface area contributed by atoms with Gasteiger partial charge in [0.2, 0.25) is 23.6 Å². The van der Waals surface area contributed by atoms with Crippen molar-refractivity contribution in [3.8, 4) is 22.6 Å². The number of ether oxygens (including phenoxy) is 2. The van der Waals surface area contributed by atoms with E-state index in [-0.39, 0.29) is 24.2 Å². The highest BCUT2D eigenvalue weighted by atomic mass is 19.4. The van der Waals surface area contributed by atoms with Crippen molar-refractivity contribution in [2.24, 2.45) is 11.7 Å². The highest BCUT2D eigenvalue weighted by Gasteiger charge is 2.40. The van der Waals surface area contributed by atoms with Gasteiger partial charge in [-0.25, -0.2) is 4.79 Å². The summed E-state index contributed by atoms with van der Waals surface area (Å²) in [6.07, 6.45) is -3.81. The number of hydrogen-bond donors (Lipinski definition) is 5. The number of primary amides is 1. The fourth-order valence-corrected chi connectivity index (χ4v) is 4.99. The molecule has 0 radical (unpaired) electrons. The number of carbonyl (C=O) groups is 5. The van der Waals surface area contributed by atoms with Crippen molar-refractivity contribution < 1.29 is 51.7 Å². The topological polar surface area (TPSA) is 189 Å². The van der Waals surface area contributed by atoms with Crippen LogP contribution in [0.3, 0.4) is 0 Å². The van der Waals surface area contributed by atoms with E-state index < -0.39 is 48.1 Å². The lowest BCUT2D eigenvalue weighted by atomic mass is 9.99. The molecule has 0 aromatic heterocycles. The Hall–Kier alpha value is -4.86. The average Bonchev–Trinajstić information content (AvgIpc) is 3.56. The van der Waals surface area contributed by atoms with Gasteiger partial charge in [-0.2, -0.15) is 13.2 Å². The summed E-state index contributed by atoms with van der Waals surface area (Å²) in [5.41, 5.74) is 8.27. The predicted molar refractivity (Wildman–Crippen MR) is 174 cm³/mol. The summed E-state index contributed by atoms with van der Waals surface area (Å²) in [4.78, 5) is 62.1. The molecule has 3 rings (SSSR count). The van der Waals surface area contributed by atoms with Crippen LogP contribution in [0, 0.1) is 5.92 Å². The monoisotopic (exact) mass is 695 g/mol. The van der Waals surface area contributed by atoms with Gasteiger partial charge >= 0.3 is 12.1 Å². The average molecular weight is 696 g/mol. The smallest absolute Gasteiger partial charge is 0.490 e. The summed E-state index contributed by atoms with van der Waals surface area (Å²) in [5, 5.41) is 15.6. The van der Waals surface area contributed by atoms with E-state index in [4.69, 9.17) is 25.1 Å².